The van der Waals surface area contributed by atoms with Crippen LogP contribution in [0.5, 0.6) is 5.75 Å². The number of urea groups is 1. The summed E-state index contributed by atoms with van der Waals surface area (Å²) in [6, 6.07) is 15.6. The van der Waals surface area contributed by atoms with Crippen LogP contribution >= 0.6 is 0 Å². The van der Waals surface area contributed by atoms with Gasteiger partial charge in [-0.3, -0.25) is 10.1 Å². The lowest BCUT2D eigenvalue weighted by Crippen LogP contribution is -2.42. The summed E-state index contributed by atoms with van der Waals surface area (Å²) < 4.78 is 16.7. The number of carbonyl (C=O) groups is 3. The van der Waals surface area contributed by atoms with Crippen LogP contribution in [-0.2, 0) is 14.3 Å². The number of rotatable bonds is 9. The number of nitrogens with zero attached hydrogens (tertiary/aromatic N) is 2. The van der Waals surface area contributed by atoms with Crippen molar-refractivity contribution in [2.45, 2.75) is 0 Å². The number of para-hydroxylation sites is 1. The van der Waals surface area contributed by atoms with Gasteiger partial charge in [-0.05, 0) is 36.4 Å². The topological polar surface area (TPSA) is 121 Å². The van der Waals surface area contributed by atoms with Gasteiger partial charge >= 0.3 is 12.0 Å². The molecule has 10 heteroatoms. The Morgan fingerprint density at radius 1 is 1.00 bits per heavy atom. The smallest absolute Gasteiger partial charge is 0.342 e. The van der Waals surface area contributed by atoms with Gasteiger partial charge in [-0.25, -0.2) is 14.3 Å². The first-order valence-corrected chi connectivity index (χ1v) is 10.0. The maximum Gasteiger partial charge on any atom is 0.342 e. The Kier molecular flexibility index (Phi) is 8.14. The molecule has 3 rings (SSSR count). The minimum absolute atomic E-state index is 0.168. The maximum absolute atomic E-state index is 12.8. The van der Waals surface area contributed by atoms with E-state index in [0.29, 0.717) is 23.6 Å². The summed E-state index contributed by atoms with van der Waals surface area (Å²) in [7, 11) is 3.05. The number of methoxy groups -OCH3 is 2. The molecule has 2 aromatic carbocycles. The molecule has 1 heterocycles. The third-order valence-corrected chi connectivity index (χ3v) is 4.50. The second-order valence-electron chi connectivity index (χ2n) is 6.77. The number of ether oxygens (including phenoxy) is 3. The number of nitrogens with one attached hydrogen (secondary N) is 2. The highest BCUT2D eigenvalue weighted by Gasteiger charge is 2.21. The van der Waals surface area contributed by atoms with Crippen LogP contribution in [0.25, 0.3) is 16.9 Å². The second-order valence-corrected chi connectivity index (χ2v) is 6.77. The van der Waals surface area contributed by atoms with E-state index < -0.39 is 24.5 Å². The average Bonchev–Trinajstić information content (AvgIpc) is 3.29. The maximum atomic E-state index is 12.8. The zero-order valence-corrected chi connectivity index (χ0v) is 18.2. The molecule has 0 bridgehead atoms. The molecule has 0 aliphatic rings. The Morgan fingerprint density at radius 2 is 1.73 bits per heavy atom. The zero-order chi connectivity index (χ0) is 23.6. The molecule has 0 fully saturated rings. The van der Waals surface area contributed by atoms with Crippen molar-refractivity contribution in [3.63, 3.8) is 0 Å². The van der Waals surface area contributed by atoms with Crippen molar-refractivity contribution in [2.75, 3.05) is 34.0 Å². The zero-order valence-electron chi connectivity index (χ0n) is 18.2. The predicted octanol–water partition coefficient (Wildman–Crippen LogP) is 2.18. The first-order valence-electron chi connectivity index (χ1n) is 10.0. The van der Waals surface area contributed by atoms with Gasteiger partial charge in [0.15, 0.2) is 6.61 Å². The van der Waals surface area contributed by atoms with E-state index in [-0.39, 0.29) is 12.1 Å². The highest BCUT2D eigenvalue weighted by atomic mass is 16.5. The van der Waals surface area contributed by atoms with Gasteiger partial charge in [0.2, 0.25) is 0 Å². The van der Waals surface area contributed by atoms with Crippen molar-refractivity contribution in [3.8, 4) is 22.7 Å². The lowest BCUT2D eigenvalue weighted by Gasteiger charge is -2.07. The van der Waals surface area contributed by atoms with Gasteiger partial charge < -0.3 is 19.5 Å². The molecule has 0 atom stereocenters. The molecule has 0 saturated carbocycles. The molecule has 172 valence electrons. The molecular formula is C23H24N4O6. The van der Waals surface area contributed by atoms with E-state index in [2.05, 4.69) is 15.7 Å². The Balaban J connectivity index is 1.75. The lowest BCUT2D eigenvalue weighted by molar-refractivity contribution is -0.123. The number of carbonyl (C=O) groups excluding carboxylic acids is 3. The molecule has 33 heavy (non-hydrogen) atoms. The van der Waals surface area contributed by atoms with E-state index in [4.69, 9.17) is 14.2 Å². The number of imide groups is 1. The first kappa shape index (κ1) is 23.5. The third kappa shape index (κ3) is 6.40. The molecule has 3 amide bonds. The fourth-order valence-corrected chi connectivity index (χ4v) is 2.88. The number of hydrogen-bond donors (Lipinski definition) is 2. The third-order valence-electron chi connectivity index (χ3n) is 4.50. The highest BCUT2D eigenvalue weighted by molar-refractivity contribution is 5.99. The van der Waals surface area contributed by atoms with Crippen molar-refractivity contribution >= 4 is 17.9 Å². The Bertz CT molecular complexity index is 1100. The molecule has 2 N–H and O–H groups in total. The minimum Gasteiger partial charge on any atom is -0.497 e. The molecule has 1 aromatic heterocycles. The summed E-state index contributed by atoms with van der Waals surface area (Å²) in [6.07, 6.45) is 1.53. The number of benzene rings is 2. The molecule has 0 aliphatic heterocycles. The van der Waals surface area contributed by atoms with Crippen LogP contribution in [0.2, 0.25) is 0 Å². The molecule has 0 aliphatic carbocycles. The lowest BCUT2D eigenvalue weighted by atomic mass is 10.1. The summed E-state index contributed by atoms with van der Waals surface area (Å²) in [5, 5.41) is 9.06. The van der Waals surface area contributed by atoms with Crippen molar-refractivity contribution in [3.05, 3.63) is 66.4 Å². The van der Waals surface area contributed by atoms with Gasteiger partial charge in [0.1, 0.15) is 17.0 Å². The van der Waals surface area contributed by atoms with Crippen LogP contribution < -0.4 is 15.4 Å². The Morgan fingerprint density at radius 3 is 2.39 bits per heavy atom. The Labute approximate surface area is 190 Å². The minimum atomic E-state index is -0.764. The van der Waals surface area contributed by atoms with E-state index in [1.54, 1.807) is 36.1 Å². The number of esters is 1. The number of aromatic nitrogens is 2. The molecule has 10 nitrogen and oxygen atoms in total. The molecule has 0 radical (unpaired) electrons. The summed E-state index contributed by atoms with van der Waals surface area (Å²) in [4.78, 5) is 36.4. The van der Waals surface area contributed by atoms with Gasteiger partial charge in [0, 0.05) is 25.4 Å². The van der Waals surface area contributed by atoms with Gasteiger partial charge in [0.25, 0.3) is 5.91 Å². The van der Waals surface area contributed by atoms with E-state index in [9.17, 15) is 14.4 Å². The van der Waals surface area contributed by atoms with Crippen LogP contribution in [0.3, 0.4) is 0 Å². The van der Waals surface area contributed by atoms with Crippen molar-refractivity contribution in [1.29, 1.82) is 0 Å². The van der Waals surface area contributed by atoms with Gasteiger partial charge in [-0.15, -0.1) is 0 Å². The molecule has 0 unspecified atom stereocenters. The molecular weight excluding hydrogens is 428 g/mol. The highest BCUT2D eigenvalue weighted by Crippen LogP contribution is 2.26. The van der Waals surface area contributed by atoms with E-state index in [1.807, 2.05) is 30.3 Å². The van der Waals surface area contributed by atoms with Gasteiger partial charge in [0.05, 0.1) is 19.4 Å². The molecule has 3 aromatic rings. The predicted molar refractivity (Wildman–Crippen MR) is 119 cm³/mol. The van der Waals surface area contributed by atoms with Crippen LogP contribution in [0, 0.1) is 0 Å². The molecule has 0 saturated heterocycles. The normalized spacial score (nSPS) is 10.4. The fourth-order valence-electron chi connectivity index (χ4n) is 2.88. The van der Waals surface area contributed by atoms with E-state index >= 15 is 0 Å². The SMILES string of the molecule is COCCNC(=O)NC(=O)COC(=O)c1cn(-c2ccccc2)nc1-c1ccc(OC)cc1. The van der Waals surface area contributed by atoms with E-state index in [1.165, 1.54) is 13.3 Å². The van der Waals surface area contributed by atoms with Crippen LogP contribution in [0.4, 0.5) is 4.79 Å². The summed E-state index contributed by atoms with van der Waals surface area (Å²) >= 11 is 0. The first-order chi connectivity index (χ1) is 16.0. The summed E-state index contributed by atoms with van der Waals surface area (Å²) in [6.45, 7) is -0.0927. The van der Waals surface area contributed by atoms with Gasteiger partial charge in [-0.1, -0.05) is 18.2 Å². The van der Waals surface area contributed by atoms with Gasteiger partial charge in [-0.2, -0.15) is 5.10 Å². The Hall–Kier alpha value is -4.18. The summed E-state index contributed by atoms with van der Waals surface area (Å²) in [5.74, 6) is -0.858. The van der Waals surface area contributed by atoms with Crippen LogP contribution in [-0.4, -0.2) is 61.7 Å². The molecule has 0 spiro atoms. The number of amides is 3. The van der Waals surface area contributed by atoms with Crippen LogP contribution in [0.15, 0.2) is 60.8 Å². The average molecular weight is 452 g/mol. The van der Waals surface area contributed by atoms with E-state index in [0.717, 1.165) is 5.69 Å². The van der Waals surface area contributed by atoms with Crippen molar-refractivity contribution in [1.82, 2.24) is 20.4 Å². The number of hydrogen-bond acceptors (Lipinski definition) is 7. The fraction of sp³-hybridized carbons (Fsp3) is 0.217. The quantitative estimate of drug-likeness (QED) is 0.377. The summed E-state index contributed by atoms with van der Waals surface area (Å²) in [5.41, 5.74) is 1.96. The monoisotopic (exact) mass is 452 g/mol. The van der Waals surface area contributed by atoms with Crippen molar-refractivity contribution in [2.24, 2.45) is 0 Å². The standard InChI is InChI=1S/C23H24N4O6/c1-31-13-12-24-23(30)25-20(28)15-33-22(29)19-14-27(17-6-4-3-5-7-17)26-21(19)16-8-10-18(32-2)11-9-16/h3-11,14H,12-13,15H2,1-2H3,(H2,24,25,28,30). The largest absolute Gasteiger partial charge is 0.497 e. The van der Waals surface area contributed by atoms with Crippen LogP contribution in [0.1, 0.15) is 10.4 Å². The second kappa shape index (κ2) is 11.4. The van der Waals surface area contributed by atoms with Crippen molar-refractivity contribution < 1.29 is 28.6 Å².